The molecule has 2 aromatic carbocycles. The van der Waals surface area contributed by atoms with E-state index in [1.54, 1.807) is 0 Å². The summed E-state index contributed by atoms with van der Waals surface area (Å²) >= 11 is 0. The molecule has 16 heteroatoms. The van der Waals surface area contributed by atoms with Gasteiger partial charge in [-0.25, -0.2) is 19.9 Å². The fraction of sp³-hybridized carbons (Fsp3) is 0.222. The quantitative estimate of drug-likeness (QED) is 0.195. The smallest absolute Gasteiger partial charge is 0.239 e. The van der Waals surface area contributed by atoms with Crippen LogP contribution in [0.4, 0.5) is 52.7 Å². The summed E-state index contributed by atoms with van der Waals surface area (Å²) < 4.78 is 160. The average Bonchev–Trinajstić information content (AvgIpc) is 2.69. The van der Waals surface area contributed by atoms with Gasteiger partial charge in [-0.1, -0.05) is 24.3 Å². The van der Waals surface area contributed by atoms with Gasteiger partial charge in [0.05, 0.1) is 11.0 Å². The predicted molar refractivity (Wildman–Crippen MR) is 90.1 cm³/mol. The first kappa shape index (κ1) is 23.7. The highest BCUT2D eigenvalue weighted by molar-refractivity contribution is 6.20. The summed E-state index contributed by atoms with van der Waals surface area (Å²) in [6.45, 7) is 0. The molecule has 0 N–H and O–H groups in total. The van der Waals surface area contributed by atoms with E-state index in [4.69, 9.17) is 0 Å². The van der Waals surface area contributed by atoms with Gasteiger partial charge >= 0.3 is 24.7 Å². The van der Waals surface area contributed by atoms with E-state index in [0.717, 1.165) is 12.1 Å². The van der Waals surface area contributed by atoms with Gasteiger partial charge in [0.1, 0.15) is 11.0 Å². The number of aromatic nitrogens is 4. The SMILES string of the molecule is FC(F)(F)c1nc2c3ccccc3c3nc(C(F)(F)F)c(C(F)(F)F)nc3c2nc1C(F)(F)F. The molecule has 2 heterocycles. The van der Waals surface area contributed by atoms with Gasteiger partial charge in [0.2, 0.25) is 0 Å². The molecule has 0 unspecified atom stereocenters. The van der Waals surface area contributed by atoms with Crippen LogP contribution in [0.3, 0.4) is 0 Å². The van der Waals surface area contributed by atoms with Crippen molar-refractivity contribution >= 4 is 32.8 Å². The second kappa shape index (κ2) is 7.02. The molecule has 0 atom stereocenters. The Balaban J connectivity index is 2.33. The molecule has 180 valence electrons. The monoisotopic (exact) mass is 504 g/mol. The Bertz CT molecular complexity index is 1340. The lowest BCUT2D eigenvalue weighted by molar-refractivity contribution is -0.167. The van der Waals surface area contributed by atoms with Crippen molar-refractivity contribution in [1.82, 2.24) is 19.9 Å². The van der Waals surface area contributed by atoms with Gasteiger partial charge in [0.25, 0.3) is 0 Å². The van der Waals surface area contributed by atoms with Crippen LogP contribution in [-0.2, 0) is 24.7 Å². The Hall–Kier alpha value is -3.46. The van der Waals surface area contributed by atoms with Crippen molar-refractivity contribution < 1.29 is 52.7 Å². The molecular weight excluding hydrogens is 500 g/mol. The number of nitrogens with zero attached hydrogens (tertiary/aromatic N) is 4. The van der Waals surface area contributed by atoms with Gasteiger partial charge in [-0.2, -0.15) is 52.7 Å². The highest BCUT2D eigenvalue weighted by Crippen LogP contribution is 2.44. The second-order valence-corrected chi connectivity index (χ2v) is 6.77. The number of halogens is 12. The van der Waals surface area contributed by atoms with Gasteiger partial charge in [-0.15, -0.1) is 0 Å². The molecule has 4 aromatic rings. The van der Waals surface area contributed by atoms with E-state index in [9.17, 15) is 52.7 Å². The molecular formula is C18H4F12N4. The minimum Gasteiger partial charge on any atom is -0.239 e. The number of hydrogen-bond donors (Lipinski definition) is 0. The molecule has 0 aliphatic heterocycles. The van der Waals surface area contributed by atoms with E-state index in [2.05, 4.69) is 19.9 Å². The maximum absolute atomic E-state index is 13.3. The molecule has 4 nitrogen and oxygen atoms in total. The number of rotatable bonds is 0. The Kier molecular flexibility index (Phi) is 4.89. The summed E-state index contributed by atoms with van der Waals surface area (Å²) in [5.74, 6) is 0. The second-order valence-electron chi connectivity index (χ2n) is 6.77. The molecule has 0 saturated carbocycles. The molecule has 0 bridgehead atoms. The number of benzene rings is 2. The van der Waals surface area contributed by atoms with Crippen molar-refractivity contribution in [3.8, 4) is 0 Å². The third kappa shape index (κ3) is 3.79. The summed E-state index contributed by atoms with van der Waals surface area (Å²) in [6.07, 6.45) is -22.9. The van der Waals surface area contributed by atoms with Gasteiger partial charge in [-0.05, 0) is 0 Å². The molecule has 0 amide bonds. The lowest BCUT2D eigenvalue weighted by atomic mass is 10.0. The standard InChI is InChI=1S/C18H4F12N4/c19-15(20,21)11-13(17(25,26)27)33-9-7(31-11)5-3-1-2-4-6(5)8-10(9)34-14(18(28,29)30)12(32-8)16(22,23)24/h1-4H. The third-order valence-electron chi connectivity index (χ3n) is 4.53. The molecule has 0 aliphatic rings. The average molecular weight is 504 g/mol. The van der Waals surface area contributed by atoms with Gasteiger partial charge in [-0.3, -0.25) is 0 Å². The largest absolute Gasteiger partial charge is 0.435 e. The maximum atomic E-state index is 13.3. The van der Waals surface area contributed by atoms with Crippen molar-refractivity contribution in [3.63, 3.8) is 0 Å². The van der Waals surface area contributed by atoms with Crippen LogP contribution in [0, 0.1) is 0 Å². The normalized spacial score (nSPS) is 13.9. The Morgan fingerprint density at radius 2 is 0.618 bits per heavy atom. The van der Waals surface area contributed by atoms with Crippen LogP contribution in [-0.4, -0.2) is 19.9 Å². The van der Waals surface area contributed by atoms with E-state index >= 15 is 0 Å². The first-order valence-electron chi connectivity index (χ1n) is 8.63. The fourth-order valence-corrected chi connectivity index (χ4v) is 3.26. The predicted octanol–water partition coefficient (Wildman–Crippen LogP) is 6.80. The lowest BCUT2D eigenvalue weighted by Crippen LogP contribution is -2.22. The van der Waals surface area contributed by atoms with E-state index in [1.807, 2.05) is 0 Å². The van der Waals surface area contributed by atoms with E-state index in [-0.39, 0.29) is 0 Å². The molecule has 0 saturated heterocycles. The topological polar surface area (TPSA) is 51.6 Å². The molecule has 4 rings (SSSR count). The van der Waals surface area contributed by atoms with Crippen molar-refractivity contribution in [3.05, 3.63) is 47.0 Å². The first-order valence-corrected chi connectivity index (χ1v) is 8.63. The third-order valence-corrected chi connectivity index (χ3v) is 4.53. The Morgan fingerprint density at radius 3 is 0.853 bits per heavy atom. The lowest BCUT2D eigenvalue weighted by Gasteiger charge is -2.18. The van der Waals surface area contributed by atoms with Crippen LogP contribution in [0.15, 0.2) is 24.3 Å². The summed E-state index contributed by atoms with van der Waals surface area (Å²) in [5, 5.41) is -0.863. The number of hydrogen-bond acceptors (Lipinski definition) is 4. The van der Waals surface area contributed by atoms with Crippen LogP contribution in [0.1, 0.15) is 22.8 Å². The minimum absolute atomic E-state index is 0.432. The van der Waals surface area contributed by atoms with Crippen LogP contribution in [0.2, 0.25) is 0 Å². The maximum Gasteiger partial charge on any atom is 0.435 e. The molecule has 0 aliphatic carbocycles. The van der Waals surface area contributed by atoms with E-state index < -0.39 is 80.3 Å². The first-order chi connectivity index (χ1) is 15.4. The summed E-state index contributed by atoms with van der Waals surface area (Å²) in [6, 6.07) is 4.32. The van der Waals surface area contributed by atoms with Crippen molar-refractivity contribution in [2.45, 2.75) is 24.7 Å². The number of fused-ring (bicyclic) bond motifs is 6. The zero-order chi connectivity index (χ0) is 25.4. The molecule has 0 radical (unpaired) electrons. The van der Waals surface area contributed by atoms with Crippen molar-refractivity contribution in [1.29, 1.82) is 0 Å². The molecule has 34 heavy (non-hydrogen) atoms. The summed E-state index contributed by atoms with van der Waals surface area (Å²) in [5.41, 5.74) is -14.5. The minimum atomic E-state index is -5.77. The van der Waals surface area contributed by atoms with E-state index in [0.29, 0.717) is 0 Å². The zero-order valence-electron chi connectivity index (χ0n) is 15.6. The van der Waals surface area contributed by atoms with Crippen LogP contribution in [0.25, 0.3) is 32.8 Å². The highest BCUT2D eigenvalue weighted by atomic mass is 19.4. The van der Waals surface area contributed by atoms with Crippen molar-refractivity contribution in [2.24, 2.45) is 0 Å². The molecule has 0 fully saturated rings. The van der Waals surface area contributed by atoms with Crippen molar-refractivity contribution in [2.75, 3.05) is 0 Å². The van der Waals surface area contributed by atoms with Crippen LogP contribution < -0.4 is 0 Å². The zero-order valence-corrected chi connectivity index (χ0v) is 15.6. The van der Waals surface area contributed by atoms with Gasteiger partial charge < -0.3 is 0 Å². The fourth-order valence-electron chi connectivity index (χ4n) is 3.26. The van der Waals surface area contributed by atoms with Crippen LogP contribution >= 0.6 is 0 Å². The Morgan fingerprint density at radius 1 is 0.382 bits per heavy atom. The molecule has 2 aromatic heterocycles. The Labute approximate surface area is 178 Å². The van der Waals surface area contributed by atoms with Gasteiger partial charge in [0.15, 0.2) is 22.8 Å². The number of alkyl halides is 12. The molecule has 0 spiro atoms. The van der Waals surface area contributed by atoms with Crippen LogP contribution in [0.5, 0.6) is 0 Å². The highest BCUT2D eigenvalue weighted by Gasteiger charge is 2.49. The summed E-state index contributed by atoms with van der Waals surface area (Å²) in [4.78, 5) is 11.6. The van der Waals surface area contributed by atoms with Gasteiger partial charge in [0, 0.05) is 10.8 Å². The summed E-state index contributed by atoms with van der Waals surface area (Å²) in [7, 11) is 0. The van der Waals surface area contributed by atoms with E-state index in [1.165, 1.54) is 12.1 Å².